The smallest absolute Gasteiger partial charge is 0.157 e. The van der Waals surface area contributed by atoms with E-state index < -0.39 is 0 Å². The highest BCUT2D eigenvalue weighted by Crippen LogP contribution is 2.67. The Morgan fingerprint density at radius 2 is 1.97 bits per heavy atom. The van der Waals surface area contributed by atoms with Crippen molar-refractivity contribution in [2.45, 2.75) is 104 Å². The Labute approximate surface area is 184 Å². The van der Waals surface area contributed by atoms with Gasteiger partial charge in [0.2, 0.25) is 0 Å². The number of allylic oxidation sites excluding steroid dienone is 1. The van der Waals surface area contributed by atoms with Gasteiger partial charge in [-0.25, -0.2) is 0 Å². The van der Waals surface area contributed by atoms with Gasteiger partial charge >= 0.3 is 0 Å². The number of hydrogen-bond donors (Lipinski definition) is 1. The molecule has 1 aliphatic heterocycles. The second-order valence-corrected chi connectivity index (χ2v) is 11.9. The van der Waals surface area contributed by atoms with Crippen molar-refractivity contribution >= 4 is 0 Å². The summed E-state index contributed by atoms with van der Waals surface area (Å²) in [5.74, 6) is 3.73. The Bertz CT molecular complexity index is 652. The second-order valence-electron chi connectivity index (χ2n) is 11.9. The van der Waals surface area contributed by atoms with E-state index in [9.17, 15) is 5.11 Å². The summed E-state index contributed by atoms with van der Waals surface area (Å²) in [4.78, 5) is 0. The Morgan fingerprint density at radius 3 is 2.73 bits per heavy atom. The number of aliphatic hydroxyl groups excluding tert-OH is 1. The summed E-state index contributed by atoms with van der Waals surface area (Å²) in [7, 11) is 0. The molecule has 4 aliphatic carbocycles. The molecule has 0 aromatic heterocycles. The summed E-state index contributed by atoms with van der Waals surface area (Å²) in [5, 5.41) is 9.84. The van der Waals surface area contributed by atoms with Crippen molar-refractivity contribution in [3.05, 3.63) is 11.6 Å². The molecular weight excluding hydrogens is 372 g/mol. The van der Waals surface area contributed by atoms with E-state index in [0.29, 0.717) is 35.4 Å². The maximum absolute atomic E-state index is 9.84. The van der Waals surface area contributed by atoms with Gasteiger partial charge in [-0.05, 0) is 111 Å². The van der Waals surface area contributed by atoms with E-state index in [-0.39, 0.29) is 6.29 Å². The molecule has 5 unspecified atom stereocenters. The molecule has 0 amide bonds. The summed E-state index contributed by atoms with van der Waals surface area (Å²) < 4.78 is 12.3. The summed E-state index contributed by atoms with van der Waals surface area (Å²) in [6, 6.07) is 0. The molecule has 3 heteroatoms. The van der Waals surface area contributed by atoms with E-state index in [1.165, 1.54) is 57.8 Å². The van der Waals surface area contributed by atoms with E-state index in [2.05, 4.69) is 26.8 Å². The van der Waals surface area contributed by atoms with Gasteiger partial charge in [-0.1, -0.05) is 32.4 Å². The topological polar surface area (TPSA) is 38.7 Å². The molecule has 9 atom stereocenters. The van der Waals surface area contributed by atoms with E-state index in [0.717, 1.165) is 37.2 Å². The minimum Gasteiger partial charge on any atom is -0.396 e. The van der Waals surface area contributed by atoms with Crippen LogP contribution in [0.1, 0.15) is 91.4 Å². The number of ether oxygens (including phenoxy) is 2. The van der Waals surface area contributed by atoms with Gasteiger partial charge in [-0.3, -0.25) is 0 Å². The van der Waals surface area contributed by atoms with E-state index in [1.54, 1.807) is 5.57 Å². The third-order valence-corrected chi connectivity index (χ3v) is 10.6. The summed E-state index contributed by atoms with van der Waals surface area (Å²) in [6.45, 7) is 8.68. The van der Waals surface area contributed by atoms with E-state index in [4.69, 9.17) is 9.47 Å². The van der Waals surface area contributed by atoms with Crippen LogP contribution in [0.5, 0.6) is 0 Å². The van der Waals surface area contributed by atoms with Crippen LogP contribution in [-0.2, 0) is 9.47 Å². The number of hydrogen-bond acceptors (Lipinski definition) is 3. The lowest BCUT2D eigenvalue weighted by molar-refractivity contribution is -0.195. The lowest BCUT2D eigenvalue weighted by atomic mass is 9.47. The third-order valence-electron chi connectivity index (χ3n) is 10.6. The van der Waals surface area contributed by atoms with Gasteiger partial charge in [0, 0.05) is 13.2 Å². The molecule has 1 saturated heterocycles. The lowest BCUT2D eigenvalue weighted by Gasteiger charge is -2.58. The van der Waals surface area contributed by atoms with Crippen molar-refractivity contribution < 1.29 is 14.6 Å². The molecule has 30 heavy (non-hydrogen) atoms. The van der Waals surface area contributed by atoms with Crippen molar-refractivity contribution in [1.29, 1.82) is 0 Å². The van der Waals surface area contributed by atoms with Crippen LogP contribution in [0.15, 0.2) is 11.6 Å². The Morgan fingerprint density at radius 1 is 1.10 bits per heavy atom. The number of fused-ring (bicyclic) bond motifs is 5. The molecule has 0 spiro atoms. The SMILES string of the molecule is C[C@H](CO)C1CCC2C3CC=C4C[C@@H](OC5CCCCO5)CC[C@]4(C)C3CC[C@@]21C. The summed E-state index contributed by atoms with van der Waals surface area (Å²) in [6.07, 6.45) is 16.9. The fraction of sp³-hybridized carbons (Fsp3) is 0.926. The molecule has 1 N–H and O–H groups in total. The molecule has 0 aromatic rings. The van der Waals surface area contributed by atoms with Gasteiger partial charge in [-0.15, -0.1) is 0 Å². The molecule has 0 bridgehead atoms. The highest BCUT2D eigenvalue weighted by atomic mass is 16.7. The van der Waals surface area contributed by atoms with Crippen molar-refractivity contribution in [2.75, 3.05) is 13.2 Å². The number of rotatable bonds is 4. The normalized spacial score (nSPS) is 49.5. The standard InChI is InChI=1S/C27H44O3/c1-18(17-28)22-9-10-23-21-8-7-19-16-20(30-25-6-4-5-15-29-25)11-13-26(19,2)24(21)12-14-27(22,23)3/h7,18,20-25,28H,4-6,8-17H2,1-3H3/t18-,20+,21?,22?,23?,24?,25?,26+,27-/m1/s1. The summed E-state index contributed by atoms with van der Waals surface area (Å²) >= 11 is 0. The third kappa shape index (κ3) is 3.42. The monoisotopic (exact) mass is 416 g/mol. The van der Waals surface area contributed by atoms with Crippen LogP contribution in [0, 0.1) is 40.4 Å². The average Bonchev–Trinajstić information content (AvgIpc) is 3.11. The Kier molecular flexibility index (Phi) is 5.86. The zero-order chi connectivity index (χ0) is 20.9. The molecule has 5 aliphatic rings. The zero-order valence-corrected chi connectivity index (χ0v) is 19.6. The van der Waals surface area contributed by atoms with Crippen molar-refractivity contribution in [2.24, 2.45) is 40.4 Å². The molecule has 170 valence electrons. The molecule has 1 heterocycles. The largest absolute Gasteiger partial charge is 0.396 e. The second kappa shape index (κ2) is 8.19. The van der Waals surface area contributed by atoms with Gasteiger partial charge in [0.25, 0.3) is 0 Å². The van der Waals surface area contributed by atoms with Gasteiger partial charge in [-0.2, -0.15) is 0 Å². The van der Waals surface area contributed by atoms with Crippen LogP contribution in [0.2, 0.25) is 0 Å². The molecule has 3 saturated carbocycles. The zero-order valence-electron chi connectivity index (χ0n) is 19.6. The fourth-order valence-corrected chi connectivity index (χ4v) is 8.88. The molecular formula is C27H44O3. The highest BCUT2D eigenvalue weighted by molar-refractivity contribution is 5.25. The number of aliphatic hydroxyl groups is 1. The van der Waals surface area contributed by atoms with E-state index in [1.807, 2.05) is 0 Å². The van der Waals surface area contributed by atoms with Crippen LogP contribution in [0.3, 0.4) is 0 Å². The van der Waals surface area contributed by atoms with Crippen LogP contribution < -0.4 is 0 Å². The van der Waals surface area contributed by atoms with Gasteiger partial charge in [0.05, 0.1) is 6.10 Å². The minimum atomic E-state index is 0.0457. The molecule has 5 rings (SSSR count). The minimum absolute atomic E-state index is 0.0457. The quantitative estimate of drug-likeness (QED) is 0.562. The van der Waals surface area contributed by atoms with Crippen LogP contribution >= 0.6 is 0 Å². The van der Waals surface area contributed by atoms with Gasteiger partial charge < -0.3 is 14.6 Å². The molecule has 3 nitrogen and oxygen atoms in total. The van der Waals surface area contributed by atoms with Gasteiger partial charge in [0.15, 0.2) is 6.29 Å². The van der Waals surface area contributed by atoms with Gasteiger partial charge in [0.1, 0.15) is 0 Å². The van der Waals surface area contributed by atoms with Crippen LogP contribution in [0.25, 0.3) is 0 Å². The van der Waals surface area contributed by atoms with Crippen molar-refractivity contribution in [3.8, 4) is 0 Å². The average molecular weight is 417 g/mol. The maximum atomic E-state index is 9.84. The Balaban J connectivity index is 1.31. The molecule has 4 fully saturated rings. The molecule has 0 radical (unpaired) electrons. The predicted octanol–water partition coefficient (Wildman–Crippen LogP) is 6.11. The summed E-state index contributed by atoms with van der Waals surface area (Å²) in [5.41, 5.74) is 2.54. The first kappa shape index (κ1) is 21.5. The highest BCUT2D eigenvalue weighted by Gasteiger charge is 2.59. The predicted molar refractivity (Wildman–Crippen MR) is 120 cm³/mol. The van der Waals surface area contributed by atoms with Crippen LogP contribution in [0.4, 0.5) is 0 Å². The maximum Gasteiger partial charge on any atom is 0.157 e. The van der Waals surface area contributed by atoms with E-state index >= 15 is 0 Å². The fourth-order valence-electron chi connectivity index (χ4n) is 8.88. The van der Waals surface area contributed by atoms with Crippen molar-refractivity contribution in [1.82, 2.24) is 0 Å². The first-order valence-corrected chi connectivity index (χ1v) is 13.0. The Hall–Kier alpha value is -0.380. The first-order valence-electron chi connectivity index (χ1n) is 13.0. The van der Waals surface area contributed by atoms with Crippen molar-refractivity contribution in [3.63, 3.8) is 0 Å². The first-order chi connectivity index (χ1) is 14.5. The van der Waals surface area contributed by atoms with Crippen LogP contribution in [-0.4, -0.2) is 30.7 Å². The molecule has 0 aromatic carbocycles. The lowest BCUT2D eigenvalue weighted by Crippen LogP contribution is -2.51.